The fraction of sp³-hybridized carbons (Fsp3) is 0.306. The van der Waals surface area contributed by atoms with Gasteiger partial charge in [0.15, 0.2) is 6.61 Å². The number of thiazole rings is 1. The maximum absolute atomic E-state index is 14.0. The average Bonchev–Trinajstić information content (AvgIpc) is 3.83. The highest BCUT2D eigenvalue weighted by molar-refractivity contribution is 9.10. The van der Waals surface area contributed by atoms with Gasteiger partial charge >= 0.3 is 10.8 Å². The summed E-state index contributed by atoms with van der Waals surface area (Å²) in [7, 11) is 0. The summed E-state index contributed by atoms with van der Waals surface area (Å²) in [6, 6.07) is 21.1. The van der Waals surface area contributed by atoms with Crippen molar-refractivity contribution in [2.24, 2.45) is 29.6 Å². The Morgan fingerprint density at radius 3 is 2.45 bits per heavy atom. The van der Waals surface area contributed by atoms with Gasteiger partial charge in [0.05, 0.1) is 34.7 Å². The van der Waals surface area contributed by atoms with E-state index in [0.717, 1.165) is 37.7 Å². The molecule has 2 aliphatic heterocycles. The predicted molar refractivity (Wildman–Crippen MR) is 188 cm³/mol. The molecule has 0 radical (unpaired) electrons. The second kappa shape index (κ2) is 12.6. The van der Waals surface area contributed by atoms with E-state index in [9.17, 15) is 24.0 Å². The number of hydrogen-bond donors (Lipinski definition) is 2. The number of ether oxygens (including phenoxy) is 2. The molecule has 3 fully saturated rings. The van der Waals surface area contributed by atoms with Gasteiger partial charge in [-0.1, -0.05) is 45.5 Å². The van der Waals surface area contributed by atoms with Crippen molar-refractivity contribution in [3.8, 4) is 5.75 Å². The molecule has 0 spiro atoms. The lowest BCUT2D eigenvalue weighted by Gasteiger charge is -2.43. The summed E-state index contributed by atoms with van der Waals surface area (Å²) in [4.78, 5) is 70.8. The summed E-state index contributed by atoms with van der Waals surface area (Å²) in [5.74, 6) is -1.86. The normalized spacial score (nSPS) is 26.2. The smallest absolute Gasteiger partial charge is 0.338 e. The van der Waals surface area contributed by atoms with Crippen molar-refractivity contribution in [2.45, 2.75) is 29.5 Å². The Balaban J connectivity index is 1.08. The van der Waals surface area contributed by atoms with Crippen molar-refractivity contribution >= 4 is 74.1 Å². The van der Waals surface area contributed by atoms with Crippen LogP contribution in [0.5, 0.6) is 5.75 Å². The fourth-order valence-corrected chi connectivity index (χ4v) is 11.6. The Bertz CT molecular complexity index is 2050. The number of para-hydroxylation sites is 1. The first-order chi connectivity index (χ1) is 23.7. The number of halogens is 1. The largest absolute Gasteiger partial charge is 0.483 e. The number of aromatic nitrogens is 1. The van der Waals surface area contributed by atoms with Crippen LogP contribution in [0.15, 0.2) is 87.1 Å². The number of fused-ring (bicyclic) bond motifs is 9. The first-order valence-electron chi connectivity index (χ1n) is 16.0. The number of H-pyrrole nitrogens is 1. The third-order valence-electron chi connectivity index (χ3n) is 10.1. The van der Waals surface area contributed by atoms with Crippen LogP contribution in [0.25, 0.3) is 0 Å². The van der Waals surface area contributed by atoms with Crippen LogP contribution in [0, 0.1) is 29.6 Å². The molecular weight excluding hydrogens is 730 g/mol. The number of esters is 1. The molecule has 3 aromatic carbocycles. The zero-order chi connectivity index (χ0) is 34.0. The van der Waals surface area contributed by atoms with E-state index in [1.165, 1.54) is 4.90 Å². The van der Waals surface area contributed by atoms with Gasteiger partial charge in [0.25, 0.3) is 5.91 Å². The van der Waals surface area contributed by atoms with Crippen molar-refractivity contribution < 1.29 is 28.7 Å². The second-order valence-electron chi connectivity index (χ2n) is 12.6. The summed E-state index contributed by atoms with van der Waals surface area (Å²) >= 11 is 6.41. The number of amides is 3. The van der Waals surface area contributed by atoms with Crippen molar-refractivity contribution in [1.29, 1.82) is 0 Å². The first kappa shape index (κ1) is 32.0. The van der Waals surface area contributed by atoms with Crippen molar-refractivity contribution in [2.75, 3.05) is 23.4 Å². The van der Waals surface area contributed by atoms with Gasteiger partial charge in [0.2, 0.25) is 11.8 Å². The number of thioether (sulfide) groups is 1. The predicted octanol–water partition coefficient (Wildman–Crippen LogP) is 6.07. The van der Waals surface area contributed by atoms with E-state index in [4.69, 9.17) is 9.47 Å². The summed E-state index contributed by atoms with van der Waals surface area (Å²) < 4.78 is 12.0. The van der Waals surface area contributed by atoms with E-state index >= 15 is 0 Å². The van der Waals surface area contributed by atoms with Crippen LogP contribution in [0.1, 0.15) is 40.1 Å². The van der Waals surface area contributed by atoms with Gasteiger partial charge in [0.1, 0.15) is 5.75 Å². The fourth-order valence-electron chi connectivity index (χ4n) is 8.33. The lowest BCUT2D eigenvalue weighted by atomic mass is 9.68. The summed E-state index contributed by atoms with van der Waals surface area (Å²) in [5, 5.41) is 3.60. The SMILES string of the molecule is CCOC(=O)c1ccc(NC(=O)COc2ccc(Br)cc2[C@H]2c3sc(=O)[nH]c3SC3C4CC(C5C(=O)N(c6ccccc6)C(=O)C45)C32)cc1. The summed E-state index contributed by atoms with van der Waals surface area (Å²) in [6.07, 6.45) is 0.759. The van der Waals surface area contributed by atoms with E-state index in [0.29, 0.717) is 22.7 Å². The molecule has 6 unspecified atom stereocenters. The molecule has 1 aromatic heterocycles. The maximum Gasteiger partial charge on any atom is 0.338 e. The van der Waals surface area contributed by atoms with E-state index < -0.39 is 17.8 Å². The molecule has 250 valence electrons. The summed E-state index contributed by atoms with van der Waals surface area (Å²) in [5.41, 5.74) is 2.30. The number of aromatic amines is 1. The Labute approximate surface area is 297 Å². The number of imide groups is 1. The first-order valence-corrected chi connectivity index (χ1v) is 18.5. The lowest BCUT2D eigenvalue weighted by Crippen LogP contribution is -2.42. The summed E-state index contributed by atoms with van der Waals surface area (Å²) in [6.45, 7) is 1.72. The average molecular weight is 761 g/mol. The lowest BCUT2D eigenvalue weighted by molar-refractivity contribution is -0.123. The van der Waals surface area contributed by atoms with Crippen LogP contribution in [-0.4, -0.2) is 47.1 Å². The van der Waals surface area contributed by atoms with Crippen molar-refractivity contribution in [3.05, 3.63) is 103 Å². The molecule has 2 N–H and O–H groups in total. The topological polar surface area (TPSA) is 135 Å². The maximum atomic E-state index is 14.0. The number of carbonyl (C=O) groups excluding carboxylic acids is 4. The Morgan fingerprint density at radius 1 is 0.980 bits per heavy atom. The molecular formula is C36H30BrN3O7S2. The molecule has 8 rings (SSSR count). The molecule has 4 aliphatic rings. The van der Waals surface area contributed by atoms with Gasteiger partial charge in [-0.3, -0.25) is 24.1 Å². The van der Waals surface area contributed by atoms with Crippen LogP contribution in [0.4, 0.5) is 11.4 Å². The molecule has 2 saturated carbocycles. The highest BCUT2D eigenvalue weighted by Gasteiger charge is 2.69. The Kier molecular flexibility index (Phi) is 8.24. The second-order valence-corrected chi connectivity index (χ2v) is 15.7. The third kappa shape index (κ3) is 5.42. The molecule has 3 heterocycles. The molecule has 3 amide bonds. The molecule has 2 aliphatic carbocycles. The minimum Gasteiger partial charge on any atom is -0.483 e. The van der Waals surface area contributed by atoms with Gasteiger partial charge in [-0.2, -0.15) is 0 Å². The minimum atomic E-state index is -0.436. The van der Waals surface area contributed by atoms with Crippen molar-refractivity contribution in [3.63, 3.8) is 0 Å². The molecule has 2 bridgehead atoms. The van der Waals surface area contributed by atoms with E-state index in [1.54, 1.807) is 55.1 Å². The monoisotopic (exact) mass is 759 g/mol. The van der Waals surface area contributed by atoms with Crippen LogP contribution < -0.4 is 19.8 Å². The van der Waals surface area contributed by atoms with Crippen LogP contribution in [0.3, 0.4) is 0 Å². The van der Waals surface area contributed by atoms with Crippen LogP contribution in [-0.2, 0) is 19.1 Å². The molecule has 4 aromatic rings. The standard InChI is InChI=1S/C36H30BrN3O7S2/c1-2-46-35(44)17-8-11-19(12-9-17)38-25(41)16-47-24-13-10-18(37)14-21(24)26-27-22-15-23(30(27)48-32-31(26)49-36(45)39-32)29-28(22)33(42)40(34(29)43)20-6-4-3-5-7-20/h3-14,22-23,26-30H,2,15-16H2,1H3,(H,38,41)(H,39,45)/t22?,23?,26-,27?,28?,29?,30?/m1/s1. The Hall–Kier alpha value is -4.20. The third-order valence-corrected chi connectivity index (χ3v) is 13.2. The number of carbonyl (C=O) groups is 4. The van der Waals surface area contributed by atoms with Gasteiger partial charge < -0.3 is 19.8 Å². The number of hydrogen-bond acceptors (Lipinski definition) is 9. The zero-order valence-electron chi connectivity index (χ0n) is 26.1. The number of nitrogens with zero attached hydrogens (tertiary/aromatic N) is 1. The van der Waals surface area contributed by atoms with Gasteiger partial charge in [0, 0.05) is 31.8 Å². The molecule has 13 heteroatoms. The van der Waals surface area contributed by atoms with Crippen LogP contribution in [0.2, 0.25) is 0 Å². The van der Waals surface area contributed by atoms with Crippen LogP contribution >= 0.6 is 39.0 Å². The van der Waals surface area contributed by atoms with E-state index in [2.05, 4.69) is 26.2 Å². The Morgan fingerprint density at radius 2 is 1.71 bits per heavy atom. The number of nitrogens with one attached hydrogen (secondary N) is 2. The number of anilines is 2. The minimum absolute atomic E-state index is 0.00850. The molecule has 1 saturated heterocycles. The molecule has 10 nitrogen and oxygen atoms in total. The van der Waals surface area contributed by atoms with Gasteiger partial charge in [-0.05, 0) is 85.7 Å². The van der Waals surface area contributed by atoms with E-state index in [-0.39, 0.29) is 64.7 Å². The molecule has 49 heavy (non-hydrogen) atoms. The quantitative estimate of drug-likeness (QED) is 0.163. The van der Waals surface area contributed by atoms with Gasteiger partial charge in [-0.25, -0.2) is 4.79 Å². The van der Waals surface area contributed by atoms with E-state index in [1.807, 2.05) is 36.4 Å². The molecule has 7 atom stereocenters. The number of benzene rings is 3. The van der Waals surface area contributed by atoms with Gasteiger partial charge in [-0.15, -0.1) is 11.8 Å². The highest BCUT2D eigenvalue weighted by atomic mass is 79.9. The highest BCUT2D eigenvalue weighted by Crippen LogP contribution is 2.69. The van der Waals surface area contributed by atoms with Crippen molar-refractivity contribution in [1.82, 2.24) is 4.98 Å². The number of rotatable bonds is 8. The zero-order valence-corrected chi connectivity index (χ0v) is 29.3.